The van der Waals surface area contributed by atoms with Crippen molar-refractivity contribution in [3.8, 4) is 5.69 Å². The molecule has 4 nitrogen and oxygen atoms in total. The predicted molar refractivity (Wildman–Crippen MR) is 91.3 cm³/mol. The van der Waals surface area contributed by atoms with E-state index in [1.807, 2.05) is 40.8 Å². The highest BCUT2D eigenvalue weighted by Gasteiger charge is 2.13. The van der Waals surface area contributed by atoms with Crippen molar-refractivity contribution in [2.45, 2.75) is 0 Å². The van der Waals surface area contributed by atoms with Crippen LogP contribution in [-0.4, -0.2) is 14.5 Å². The van der Waals surface area contributed by atoms with Crippen LogP contribution in [0.4, 0.5) is 10.3 Å². The largest absolute Gasteiger partial charge is 0.369 e. The first-order valence-corrected chi connectivity index (χ1v) is 8.06. The van der Waals surface area contributed by atoms with Crippen molar-refractivity contribution in [2.24, 2.45) is 0 Å². The Labute approximate surface area is 136 Å². The van der Waals surface area contributed by atoms with Gasteiger partial charge in [0.15, 0.2) is 0 Å². The van der Waals surface area contributed by atoms with Gasteiger partial charge in [-0.25, -0.2) is 14.4 Å². The normalized spacial score (nSPS) is 11.5. The van der Waals surface area contributed by atoms with E-state index < -0.39 is 0 Å². The summed E-state index contributed by atoms with van der Waals surface area (Å²) in [4.78, 5) is 8.57. The maximum Gasteiger partial charge on any atom is 0.205 e. The smallest absolute Gasteiger partial charge is 0.205 e. The highest BCUT2D eigenvalue weighted by Crippen LogP contribution is 2.28. The minimum absolute atomic E-state index is 0.275. The van der Waals surface area contributed by atoms with Crippen LogP contribution < -0.4 is 5.73 Å². The van der Waals surface area contributed by atoms with Crippen molar-refractivity contribution < 1.29 is 4.39 Å². The molecular formula is C14H8FIN4S. The van der Waals surface area contributed by atoms with Gasteiger partial charge in [-0.3, -0.25) is 4.57 Å². The van der Waals surface area contributed by atoms with Crippen molar-refractivity contribution in [1.82, 2.24) is 14.5 Å². The summed E-state index contributed by atoms with van der Waals surface area (Å²) >= 11 is 3.50. The molecule has 0 unspecified atom stereocenters. The molecule has 104 valence electrons. The summed E-state index contributed by atoms with van der Waals surface area (Å²) in [5.74, 6) is 0.0679. The summed E-state index contributed by atoms with van der Waals surface area (Å²) < 4.78 is 17.2. The minimum atomic E-state index is -0.275. The number of halogens is 2. The number of thiazole rings is 1. The topological polar surface area (TPSA) is 56.7 Å². The van der Waals surface area contributed by atoms with Crippen molar-refractivity contribution in [3.05, 3.63) is 45.2 Å². The molecule has 0 amide bonds. The van der Waals surface area contributed by atoms with E-state index >= 15 is 0 Å². The average molecular weight is 410 g/mol. The number of hydrogen-bond acceptors (Lipinski definition) is 4. The summed E-state index contributed by atoms with van der Waals surface area (Å²) in [6.45, 7) is 0. The lowest BCUT2D eigenvalue weighted by molar-refractivity contribution is 0.622. The van der Waals surface area contributed by atoms with Crippen LogP contribution in [0.1, 0.15) is 0 Å². The Bertz CT molecular complexity index is 991. The van der Waals surface area contributed by atoms with E-state index in [0.717, 1.165) is 15.9 Å². The number of nitrogens with zero attached hydrogens (tertiary/aromatic N) is 3. The molecule has 2 aromatic heterocycles. The van der Waals surface area contributed by atoms with Crippen LogP contribution in [0.2, 0.25) is 0 Å². The molecule has 0 aliphatic carbocycles. The molecule has 2 N–H and O–H groups in total. The zero-order valence-corrected chi connectivity index (χ0v) is 13.5. The fourth-order valence-corrected chi connectivity index (χ4v) is 3.51. The van der Waals surface area contributed by atoms with E-state index in [1.54, 1.807) is 27.5 Å². The second kappa shape index (κ2) is 4.63. The number of anilines is 1. The lowest BCUT2D eigenvalue weighted by atomic mass is 10.2. The highest BCUT2D eigenvalue weighted by atomic mass is 127. The molecule has 2 aromatic carbocycles. The first kappa shape index (κ1) is 13.0. The average Bonchev–Trinajstić information content (AvgIpc) is 3.02. The molecule has 2 heterocycles. The van der Waals surface area contributed by atoms with Gasteiger partial charge in [-0.05, 0) is 46.9 Å². The molecule has 7 heteroatoms. The summed E-state index contributed by atoms with van der Waals surface area (Å²) in [7, 11) is 0. The third-order valence-corrected chi connectivity index (χ3v) is 4.91. The van der Waals surface area contributed by atoms with Gasteiger partial charge in [0, 0.05) is 6.07 Å². The quantitative estimate of drug-likeness (QED) is 0.484. The Balaban J connectivity index is 2.04. The fraction of sp³-hybridized carbons (Fsp3) is 0. The predicted octanol–water partition coefficient (Wildman–Crippen LogP) is 3.96. The minimum Gasteiger partial charge on any atom is -0.369 e. The van der Waals surface area contributed by atoms with Crippen LogP contribution in [0.5, 0.6) is 0 Å². The molecule has 0 aliphatic heterocycles. The Hall–Kier alpha value is -1.74. The van der Waals surface area contributed by atoms with E-state index in [2.05, 4.69) is 9.97 Å². The van der Waals surface area contributed by atoms with E-state index in [-0.39, 0.29) is 5.82 Å². The number of hydrogen-bond donors (Lipinski definition) is 1. The second-order valence-corrected chi connectivity index (χ2v) is 6.61. The van der Waals surface area contributed by atoms with Crippen LogP contribution in [0.25, 0.3) is 26.9 Å². The van der Waals surface area contributed by atoms with Crippen LogP contribution in [0.3, 0.4) is 0 Å². The molecule has 21 heavy (non-hydrogen) atoms. The standard InChI is InChI=1S/C14H8FIN4S/c15-8-4-12-11(5-9(8)16)19-14(17)20(12)7-1-2-10-13(3-7)21-6-18-10/h1-6H,(H2,17,19). The maximum absolute atomic E-state index is 13.9. The van der Waals surface area contributed by atoms with Gasteiger partial charge in [-0.2, -0.15) is 0 Å². The van der Waals surface area contributed by atoms with Crippen LogP contribution >= 0.6 is 33.9 Å². The molecule has 0 aliphatic rings. The SMILES string of the molecule is Nc1nc2cc(I)c(F)cc2n1-c1ccc2ncsc2c1. The molecule has 0 saturated heterocycles. The molecular weight excluding hydrogens is 402 g/mol. The summed E-state index contributed by atoms with van der Waals surface area (Å²) in [5.41, 5.74) is 11.0. The summed E-state index contributed by atoms with van der Waals surface area (Å²) in [5, 5.41) is 0. The van der Waals surface area contributed by atoms with Gasteiger partial charge in [0.2, 0.25) is 5.95 Å². The zero-order chi connectivity index (χ0) is 14.6. The zero-order valence-electron chi connectivity index (χ0n) is 10.5. The highest BCUT2D eigenvalue weighted by molar-refractivity contribution is 14.1. The molecule has 0 fully saturated rings. The molecule has 0 atom stereocenters. The van der Waals surface area contributed by atoms with E-state index in [9.17, 15) is 4.39 Å². The third kappa shape index (κ3) is 1.99. The maximum atomic E-state index is 13.9. The van der Waals surface area contributed by atoms with E-state index in [1.165, 1.54) is 6.07 Å². The molecule has 0 bridgehead atoms. The fourth-order valence-electron chi connectivity index (χ4n) is 2.35. The molecule has 0 saturated carbocycles. The Morgan fingerprint density at radius 2 is 2.05 bits per heavy atom. The molecule has 0 spiro atoms. The molecule has 4 aromatic rings. The van der Waals surface area contributed by atoms with Gasteiger partial charge < -0.3 is 5.73 Å². The van der Waals surface area contributed by atoms with E-state index in [0.29, 0.717) is 20.6 Å². The Morgan fingerprint density at radius 1 is 1.19 bits per heavy atom. The van der Waals surface area contributed by atoms with Crippen molar-refractivity contribution >= 4 is 61.1 Å². The van der Waals surface area contributed by atoms with Gasteiger partial charge in [-0.1, -0.05) is 0 Å². The number of nitrogen functional groups attached to an aromatic ring is 1. The van der Waals surface area contributed by atoms with Crippen molar-refractivity contribution in [1.29, 1.82) is 0 Å². The lowest BCUT2D eigenvalue weighted by Crippen LogP contribution is -2.00. The third-order valence-electron chi connectivity index (χ3n) is 3.30. The van der Waals surface area contributed by atoms with Gasteiger partial charge in [-0.15, -0.1) is 11.3 Å². The lowest BCUT2D eigenvalue weighted by Gasteiger charge is -2.06. The van der Waals surface area contributed by atoms with E-state index in [4.69, 9.17) is 5.73 Å². The first-order valence-electron chi connectivity index (χ1n) is 6.10. The monoisotopic (exact) mass is 410 g/mol. The van der Waals surface area contributed by atoms with Gasteiger partial charge in [0.05, 0.1) is 36.0 Å². The number of nitrogens with two attached hydrogens (primary N) is 1. The Morgan fingerprint density at radius 3 is 2.90 bits per heavy atom. The first-order chi connectivity index (χ1) is 10.1. The number of imidazole rings is 1. The van der Waals surface area contributed by atoms with Crippen LogP contribution in [0.15, 0.2) is 35.8 Å². The van der Waals surface area contributed by atoms with Gasteiger partial charge >= 0.3 is 0 Å². The van der Waals surface area contributed by atoms with Crippen molar-refractivity contribution in [2.75, 3.05) is 5.73 Å². The number of fused-ring (bicyclic) bond motifs is 2. The van der Waals surface area contributed by atoms with Crippen LogP contribution in [-0.2, 0) is 0 Å². The number of benzene rings is 2. The van der Waals surface area contributed by atoms with Crippen molar-refractivity contribution in [3.63, 3.8) is 0 Å². The number of rotatable bonds is 1. The molecule has 0 radical (unpaired) electrons. The van der Waals surface area contributed by atoms with Gasteiger partial charge in [0.1, 0.15) is 5.82 Å². The van der Waals surface area contributed by atoms with Gasteiger partial charge in [0.25, 0.3) is 0 Å². The number of aromatic nitrogens is 3. The van der Waals surface area contributed by atoms with Crippen LogP contribution in [0, 0.1) is 9.39 Å². The molecule has 4 rings (SSSR count). The summed E-state index contributed by atoms with van der Waals surface area (Å²) in [6.07, 6.45) is 0. The summed E-state index contributed by atoms with van der Waals surface area (Å²) in [6, 6.07) is 8.99. The second-order valence-electron chi connectivity index (χ2n) is 4.56. The Kier molecular flexibility index (Phi) is 2.86.